The van der Waals surface area contributed by atoms with Crippen LogP contribution in [-0.4, -0.2) is 6.61 Å². The molecule has 2 aromatic carbocycles. The third kappa shape index (κ3) is 7.00. The summed E-state index contributed by atoms with van der Waals surface area (Å²) in [6.07, 6.45) is 14.3. The summed E-state index contributed by atoms with van der Waals surface area (Å²) in [5.41, 5.74) is 3.97. The van der Waals surface area contributed by atoms with Gasteiger partial charge in [0.15, 0.2) is 0 Å². The van der Waals surface area contributed by atoms with Crippen molar-refractivity contribution in [3.05, 3.63) is 66.5 Å². The van der Waals surface area contributed by atoms with Crippen LogP contribution in [0.25, 0.3) is 11.1 Å². The number of rotatable bonds is 11. The minimum absolute atomic E-state index is 0.676. The Morgan fingerprint density at radius 2 is 1.53 bits per heavy atom. The molecule has 0 aliphatic heterocycles. The number of ether oxygens (including phenoxy) is 1. The predicted molar refractivity (Wildman–Crippen MR) is 126 cm³/mol. The summed E-state index contributed by atoms with van der Waals surface area (Å²) in [5, 5.41) is 0. The van der Waals surface area contributed by atoms with Crippen LogP contribution in [0.2, 0.25) is 0 Å². The van der Waals surface area contributed by atoms with Crippen LogP contribution in [0.1, 0.15) is 82.6 Å². The summed E-state index contributed by atoms with van der Waals surface area (Å²) >= 11 is 0. The van der Waals surface area contributed by atoms with E-state index >= 15 is 0 Å². The predicted octanol–water partition coefficient (Wildman–Crippen LogP) is 8.85. The molecule has 2 aromatic rings. The van der Waals surface area contributed by atoms with Gasteiger partial charge in [-0.1, -0.05) is 68.7 Å². The number of benzene rings is 2. The number of allylic oxidation sites excluding steroid dienone is 1. The van der Waals surface area contributed by atoms with Gasteiger partial charge in [0.1, 0.15) is 5.75 Å². The molecule has 30 heavy (non-hydrogen) atoms. The molecular weight excluding hydrogens is 371 g/mol. The highest BCUT2D eigenvalue weighted by atomic mass is 19.1. The average Bonchev–Trinajstić information content (AvgIpc) is 2.80. The normalized spacial score (nSPS) is 19.3. The fourth-order valence-corrected chi connectivity index (χ4v) is 4.59. The second-order valence-electron chi connectivity index (χ2n) is 8.71. The zero-order valence-electron chi connectivity index (χ0n) is 18.5. The van der Waals surface area contributed by atoms with Gasteiger partial charge in [-0.25, -0.2) is 4.39 Å². The van der Waals surface area contributed by atoms with Crippen LogP contribution in [0.4, 0.5) is 4.39 Å². The monoisotopic (exact) mass is 408 g/mol. The lowest BCUT2D eigenvalue weighted by Crippen LogP contribution is -2.13. The van der Waals surface area contributed by atoms with Gasteiger partial charge in [-0.2, -0.15) is 0 Å². The summed E-state index contributed by atoms with van der Waals surface area (Å²) < 4.78 is 18.0. The van der Waals surface area contributed by atoms with Gasteiger partial charge in [-0.3, -0.25) is 0 Å². The van der Waals surface area contributed by atoms with Gasteiger partial charge in [-0.05, 0) is 85.6 Å². The topological polar surface area (TPSA) is 9.23 Å². The standard InChI is InChI=1S/C28H37FO/c1-2-3-4-7-22-30-28-19-17-27(18-20-28)26-15-13-25(14-16-26)24-11-9-23(10-12-24)8-5-6-21-29/h6,13-21,23-24H,2-5,7-12,22H2,1H3. The Kier molecular flexibility index (Phi) is 9.47. The maximum Gasteiger partial charge on any atom is 0.119 e. The van der Waals surface area contributed by atoms with Crippen LogP contribution in [0.3, 0.4) is 0 Å². The molecule has 1 aliphatic carbocycles. The molecule has 3 rings (SSSR count). The van der Waals surface area contributed by atoms with Crippen molar-refractivity contribution in [1.82, 2.24) is 0 Å². The van der Waals surface area contributed by atoms with Crippen molar-refractivity contribution in [3.8, 4) is 16.9 Å². The number of halogens is 1. The Balaban J connectivity index is 1.47. The van der Waals surface area contributed by atoms with Crippen LogP contribution >= 0.6 is 0 Å². The van der Waals surface area contributed by atoms with E-state index in [4.69, 9.17) is 4.74 Å². The molecule has 0 bridgehead atoms. The summed E-state index contributed by atoms with van der Waals surface area (Å²) in [6.45, 7) is 3.04. The van der Waals surface area contributed by atoms with E-state index in [2.05, 4.69) is 55.5 Å². The van der Waals surface area contributed by atoms with Crippen molar-refractivity contribution < 1.29 is 9.13 Å². The van der Waals surface area contributed by atoms with Crippen molar-refractivity contribution >= 4 is 0 Å². The molecule has 0 heterocycles. The molecule has 0 aromatic heterocycles. The Morgan fingerprint density at radius 3 is 2.17 bits per heavy atom. The first-order valence-corrected chi connectivity index (χ1v) is 11.9. The van der Waals surface area contributed by atoms with Crippen molar-refractivity contribution in [3.63, 3.8) is 0 Å². The highest BCUT2D eigenvalue weighted by molar-refractivity contribution is 5.64. The molecule has 0 radical (unpaired) electrons. The molecule has 0 unspecified atom stereocenters. The fraction of sp³-hybridized carbons (Fsp3) is 0.500. The quantitative estimate of drug-likeness (QED) is 0.337. The van der Waals surface area contributed by atoms with Gasteiger partial charge < -0.3 is 4.74 Å². The van der Waals surface area contributed by atoms with Gasteiger partial charge in [0, 0.05) is 0 Å². The van der Waals surface area contributed by atoms with Crippen LogP contribution in [-0.2, 0) is 0 Å². The number of unbranched alkanes of at least 4 members (excludes halogenated alkanes) is 3. The molecular formula is C28H37FO. The first kappa shape index (κ1) is 22.6. The van der Waals surface area contributed by atoms with E-state index in [9.17, 15) is 4.39 Å². The van der Waals surface area contributed by atoms with Crippen LogP contribution < -0.4 is 4.74 Å². The van der Waals surface area contributed by atoms with Gasteiger partial charge >= 0.3 is 0 Å². The van der Waals surface area contributed by atoms with Crippen LogP contribution in [0.15, 0.2) is 60.9 Å². The first-order valence-electron chi connectivity index (χ1n) is 11.9. The molecule has 1 aliphatic rings. The third-order valence-electron chi connectivity index (χ3n) is 6.51. The summed E-state index contributed by atoms with van der Waals surface area (Å²) in [6, 6.07) is 17.6. The van der Waals surface area contributed by atoms with Crippen LogP contribution in [0.5, 0.6) is 5.75 Å². The van der Waals surface area contributed by atoms with Gasteiger partial charge in [0.25, 0.3) is 0 Å². The Hall–Kier alpha value is -2.09. The number of hydrogen-bond donors (Lipinski definition) is 0. The first-order chi connectivity index (χ1) is 14.8. The number of hydrogen-bond acceptors (Lipinski definition) is 1. The highest BCUT2D eigenvalue weighted by Gasteiger charge is 2.21. The minimum atomic E-state index is 0.676. The second kappa shape index (κ2) is 12.6. The maximum absolute atomic E-state index is 12.1. The smallest absolute Gasteiger partial charge is 0.119 e. The van der Waals surface area contributed by atoms with E-state index in [0.29, 0.717) is 12.2 Å². The van der Waals surface area contributed by atoms with E-state index in [1.807, 2.05) is 0 Å². The summed E-state index contributed by atoms with van der Waals surface area (Å²) in [4.78, 5) is 0. The molecule has 0 atom stereocenters. The van der Waals surface area contributed by atoms with Crippen LogP contribution in [0, 0.1) is 5.92 Å². The summed E-state index contributed by atoms with van der Waals surface area (Å²) in [5.74, 6) is 2.41. The molecule has 2 heteroatoms. The zero-order valence-corrected chi connectivity index (χ0v) is 18.5. The van der Waals surface area contributed by atoms with Crippen molar-refractivity contribution in [2.24, 2.45) is 5.92 Å². The molecule has 1 fully saturated rings. The van der Waals surface area contributed by atoms with E-state index in [1.54, 1.807) is 6.08 Å². The van der Waals surface area contributed by atoms with Gasteiger partial charge in [0.05, 0.1) is 12.9 Å². The third-order valence-corrected chi connectivity index (χ3v) is 6.51. The van der Waals surface area contributed by atoms with Crippen molar-refractivity contribution in [1.29, 1.82) is 0 Å². The Morgan fingerprint density at radius 1 is 0.867 bits per heavy atom. The zero-order chi connectivity index (χ0) is 21.0. The molecule has 0 spiro atoms. The molecule has 162 valence electrons. The Bertz CT molecular complexity index is 739. The maximum atomic E-state index is 12.1. The lowest BCUT2D eigenvalue weighted by atomic mass is 9.77. The van der Waals surface area contributed by atoms with E-state index < -0.39 is 0 Å². The molecule has 0 amide bonds. The lowest BCUT2D eigenvalue weighted by Gasteiger charge is -2.28. The van der Waals surface area contributed by atoms with Crippen molar-refractivity contribution in [2.45, 2.75) is 77.0 Å². The largest absolute Gasteiger partial charge is 0.494 e. The van der Waals surface area contributed by atoms with Crippen molar-refractivity contribution in [2.75, 3.05) is 6.61 Å². The van der Waals surface area contributed by atoms with Gasteiger partial charge in [-0.15, -0.1) is 0 Å². The molecule has 0 N–H and O–H groups in total. The minimum Gasteiger partial charge on any atom is -0.494 e. The Labute approximate surface area is 182 Å². The molecule has 1 saturated carbocycles. The van der Waals surface area contributed by atoms with E-state index in [1.165, 1.54) is 61.6 Å². The SMILES string of the molecule is CCCCCCOc1ccc(-c2ccc(C3CCC(CCC=CF)CC3)cc2)cc1. The van der Waals surface area contributed by atoms with E-state index in [-0.39, 0.29) is 0 Å². The summed E-state index contributed by atoms with van der Waals surface area (Å²) in [7, 11) is 0. The fourth-order valence-electron chi connectivity index (χ4n) is 4.59. The average molecular weight is 409 g/mol. The molecule has 1 nitrogen and oxygen atoms in total. The second-order valence-corrected chi connectivity index (χ2v) is 8.71. The lowest BCUT2D eigenvalue weighted by molar-refractivity contribution is 0.305. The highest BCUT2D eigenvalue weighted by Crippen LogP contribution is 2.38. The van der Waals surface area contributed by atoms with E-state index in [0.717, 1.165) is 37.5 Å². The molecule has 0 saturated heterocycles. The van der Waals surface area contributed by atoms with Gasteiger partial charge in [0.2, 0.25) is 0 Å².